The molecule has 1 saturated carbocycles. The summed E-state index contributed by atoms with van der Waals surface area (Å²) in [6, 6.07) is 4.12. The Morgan fingerprint density at radius 1 is 1.23 bits per heavy atom. The van der Waals surface area contributed by atoms with Crippen LogP contribution >= 0.6 is 0 Å². The fraction of sp³-hybridized carbons (Fsp3) is 0.500. The summed E-state index contributed by atoms with van der Waals surface area (Å²) < 4.78 is 11.1. The number of hydrogen-bond donors (Lipinski definition) is 2. The zero-order valence-corrected chi connectivity index (χ0v) is 15.1. The number of hydrogen-bond acceptors (Lipinski definition) is 5. The molecule has 26 heavy (non-hydrogen) atoms. The number of ether oxygens (including phenoxy) is 1. The standard InChI is InChI=1S/C20H23N3O3/c1-10-17(11(2)26-23-10)13-8-14(19(24)16-4-3-7-25-16)18-15(9-13)21-20(22-18)12-5-6-12/h8-9,12,16,19,24H,3-7H2,1-2H3,(H,21,22)/t16?,19-/m1/s1. The van der Waals surface area contributed by atoms with Crippen molar-refractivity contribution in [2.45, 2.75) is 57.7 Å². The lowest BCUT2D eigenvalue weighted by Crippen LogP contribution is -2.17. The number of benzene rings is 1. The highest BCUT2D eigenvalue weighted by Crippen LogP contribution is 2.41. The molecular formula is C20H23N3O3. The van der Waals surface area contributed by atoms with Gasteiger partial charge in [0.1, 0.15) is 17.7 Å². The third kappa shape index (κ3) is 2.56. The quantitative estimate of drug-likeness (QED) is 0.742. The fourth-order valence-corrected chi connectivity index (χ4v) is 4.03. The molecule has 3 aromatic rings. The monoisotopic (exact) mass is 353 g/mol. The van der Waals surface area contributed by atoms with Crippen LogP contribution in [-0.2, 0) is 4.74 Å². The van der Waals surface area contributed by atoms with E-state index < -0.39 is 6.10 Å². The molecule has 1 aliphatic carbocycles. The van der Waals surface area contributed by atoms with E-state index >= 15 is 0 Å². The molecular weight excluding hydrogens is 330 g/mol. The van der Waals surface area contributed by atoms with E-state index in [0.29, 0.717) is 12.5 Å². The smallest absolute Gasteiger partial charge is 0.141 e. The zero-order chi connectivity index (χ0) is 17.8. The van der Waals surface area contributed by atoms with Crippen LogP contribution < -0.4 is 0 Å². The molecule has 2 N–H and O–H groups in total. The number of fused-ring (bicyclic) bond motifs is 1. The van der Waals surface area contributed by atoms with Crippen LogP contribution in [-0.4, -0.2) is 32.9 Å². The number of aromatic amines is 1. The van der Waals surface area contributed by atoms with Gasteiger partial charge in [-0.2, -0.15) is 0 Å². The Labute approximate surface area is 151 Å². The minimum atomic E-state index is -0.684. The Morgan fingerprint density at radius 2 is 2.08 bits per heavy atom. The SMILES string of the molecule is Cc1noc(C)c1-c1cc([C@@H](O)C2CCCO2)c2nc(C3CC3)[nH]c2c1. The predicted molar refractivity (Wildman–Crippen MR) is 97.0 cm³/mol. The molecule has 3 heterocycles. The maximum atomic E-state index is 11.0. The van der Waals surface area contributed by atoms with Crippen molar-refractivity contribution in [2.24, 2.45) is 0 Å². The number of nitrogens with zero attached hydrogens (tertiary/aromatic N) is 2. The number of nitrogens with one attached hydrogen (secondary N) is 1. The van der Waals surface area contributed by atoms with Gasteiger partial charge in [0.05, 0.1) is 22.8 Å². The maximum Gasteiger partial charge on any atom is 0.141 e. The summed E-state index contributed by atoms with van der Waals surface area (Å²) in [6.45, 7) is 4.56. The number of aromatic nitrogens is 3. The molecule has 136 valence electrons. The Hall–Kier alpha value is -2.18. The zero-order valence-electron chi connectivity index (χ0n) is 15.1. The highest BCUT2D eigenvalue weighted by molar-refractivity contribution is 5.86. The number of aryl methyl sites for hydroxylation is 2. The molecule has 0 radical (unpaired) electrons. The van der Waals surface area contributed by atoms with E-state index in [1.165, 1.54) is 12.8 Å². The number of imidazole rings is 1. The van der Waals surface area contributed by atoms with E-state index in [-0.39, 0.29) is 6.10 Å². The van der Waals surface area contributed by atoms with Crippen LogP contribution in [0, 0.1) is 13.8 Å². The molecule has 1 unspecified atom stereocenters. The highest BCUT2D eigenvalue weighted by Gasteiger charge is 2.31. The lowest BCUT2D eigenvalue weighted by atomic mass is 9.95. The summed E-state index contributed by atoms with van der Waals surface area (Å²) in [6.07, 6.45) is 3.37. The van der Waals surface area contributed by atoms with Crippen molar-refractivity contribution in [3.05, 3.63) is 35.0 Å². The lowest BCUT2D eigenvalue weighted by molar-refractivity contribution is -0.00192. The summed E-state index contributed by atoms with van der Waals surface area (Å²) in [7, 11) is 0. The van der Waals surface area contributed by atoms with Crippen molar-refractivity contribution in [1.29, 1.82) is 0 Å². The van der Waals surface area contributed by atoms with E-state index in [4.69, 9.17) is 14.2 Å². The van der Waals surface area contributed by atoms with Crippen molar-refractivity contribution in [3.8, 4) is 11.1 Å². The van der Waals surface area contributed by atoms with Gasteiger partial charge in [-0.25, -0.2) is 4.98 Å². The van der Waals surface area contributed by atoms with Crippen LogP contribution in [0.5, 0.6) is 0 Å². The van der Waals surface area contributed by atoms with Crippen LogP contribution in [0.1, 0.15) is 60.5 Å². The largest absolute Gasteiger partial charge is 0.386 e. The third-order valence-electron chi connectivity index (χ3n) is 5.56. The van der Waals surface area contributed by atoms with Gasteiger partial charge in [0.2, 0.25) is 0 Å². The summed E-state index contributed by atoms with van der Waals surface area (Å²) in [5.74, 6) is 2.33. The molecule has 0 amide bonds. The molecule has 0 bridgehead atoms. The van der Waals surface area contributed by atoms with Crippen molar-refractivity contribution in [1.82, 2.24) is 15.1 Å². The average molecular weight is 353 g/mol. The van der Waals surface area contributed by atoms with Gasteiger partial charge in [-0.05, 0) is 57.2 Å². The van der Waals surface area contributed by atoms with Gasteiger partial charge in [-0.1, -0.05) is 5.16 Å². The second kappa shape index (κ2) is 5.93. The van der Waals surface area contributed by atoms with Crippen molar-refractivity contribution in [3.63, 3.8) is 0 Å². The third-order valence-corrected chi connectivity index (χ3v) is 5.56. The summed E-state index contributed by atoms with van der Waals surface area (Å²) in [5, 5.41) is 15.1. The Kier molecular flexibility index (Phi) is 3.65. The number of aliphatic hydroxyl groups excluding tert-OH is 1. The van der Waals surface area contributed by atoms with Gasteiger partial charge in [0, 0.05) is 23.7 Å². The van der Waals surface area contributed by atoms with Crippen LogP contribution in [0.25, 0.3) is 22.2 Å². The van der Waals surface area contributed by atoms with E-state index in [9.17, 15) is 5.11 Å². The topological polar surface area (TPSA) is 84.2 Å². The molecule has 1 saturated heterocycles. The minimum absolute atomic E-state index is 0.167. The minimum Gasteiger partial charge on any atom is -0.386 e. The number of rotatable bonds is 4. The molecule has 6 nitrogen and oxygen atoms in total. The first kappa shape index (κ1) is 16.0. The Balaban J connectivity index is 1.69. The number of aliphatic hydroxyl groups is 1. The molecule has 2 aliphatic rings. The average Bonchev–Trinajstić information content (AvgIpc) is 3.04. The van der Waals surface area contributed by atoms with Gasteiger partial charge < -0.3 is 19.4 Å². The van der Waals surface area contributed by atoms with Gasteiger partial charge in [0.25, 0.3) is 0 Å². The van der Waals surface area contributed by atoms with Crippen molar-refractivity contribution < 1.29 is 14.4 Å². The molecule has 6 heteroatoms. The van der Waals surface area contributed by atoms with Crippen molar-refractivity contribution >= 4 is 11.0 Å². The first-order chi connectivity index (χ1) is 12.6. The van der Waals surface area contributed by atoms with Gasteiger partial charge in [-0.15, -0.1) is 0 Å². The predicted octanol–water partition coefficient (Wildman–Crippen LogP) is 3.92. The highest BCUT2D eigenvalue weighted by atomic mass is 16.5. The second-order valence-corrected chi connectivity index (χ2v) is 7.55. The van der Waals surface area contributed by atoms with E-state index in [2.05, 4.69) is 16.2 Å². The molecule has 2 fully saturated rings. The molecule has 0 spiro atoms. The molecule has 2 aromatic heterocycles. The van der Waals surface area contributed by atoms with Crippen LogP contribution in [0.3, 0.4) is 0 Å². The first-order valence-electron chi connectivity index (χ1n) is 9.38. The molecule has 1 aliphatic heterocycles. The van der Waals surface area contributed by atoms with Crippen LogP contribution in [0.2, 0.25) is 0 Å². The van der Waals surface area contributed by atoms with Crippen LogP contribution in [0.4, 0.5) is 0 Å². The maximum absolute atomic E-state index is 11.0. The summed E-state index contributed by atoms with van der Waals surface area (Å²) >= 11 is 0. The first-order valence-corrected chi connectivity index (χ1v) is 9.38. The normalized spacial score (nSPS) is 21.6. The van der Waals surface area contributed by atoms with Gasteiger partial charge >= 0.3 is 0 Å². The van der Waals surface area contributed by atoms with E-state index in [0.717, 1.165) is 57.8 Å². The fourth-order valence-electron chi connectivity index (χ4n) is 4.03. The van der Waals surface area contributed by atoms with E-state index in [1.54, 1.807) is 0 Å². The van der Waals surface area contributed by atoms with Crippen LogP contribution in [0.15, 0.2) is 16.7 Å². The Bertz CT molecular complexity index is 945. The molecule has 2 atom stereocenters. The summed E-state index contributed by atoms with van der Waals surface area (Å²) in [5.41, 5.74) is 5.46. The molecule has 1 aromatic carbocycles. The van der Waals surface area contributed by atoms with Gasteiger partial charge in [0.15, 0.2) is 0 Å². The van der Waals surface area contributed by atoms with E-state index in [1.807, 2.05) is 19.9 Å². The summed E-state index contributed by atoms with van der Waals surface area (Å²) in [4.78, 5) is 8.29. The molecule has 5 rings (SSSR count). The second-order valence-electron chi connectivity index (χ2n) is 7.55. The van der Waals surface area contributed by atoms with Gasteiger partial charge in [-0.3, -0.25) is 0 Å². The Morgan fingerprint density at radius 3 is 2.73 bits per heavy atom. The lowest BCUT2D eigenvalue weighted by Gasteiger charge is -2.19. The number of H-pyrrole nitrogens is 1. The van der Waals surface area contributed by atoms with Crippen molar-refractivity contribution in [2.75, 3.05) is 6.61 Å².